The van der Waals surface area contributed by atoms with Crippen LogP contribution < -0.4 is 15.8 Å². The molecule has 0 fully saturated rings. The molecule has 0 bridgehead atoms. The Kier molecular flexibility index (Phi) is 5.18. The van der Waals surface area contributed by atoms with Gasteiger partial charge in [0.2, 0.25) is 10.0 Å². The SMILES string of the molecule is CCS(=O)(=O)Nc1ccc(Cl)c(NC(=O)c2csc3c(N)ncnc23)c1F. The summed E-state index contributed by atoms with van der Waals surface area (Å²) in [5.41, 5.74) is 5.56. The summed E-state index contributed by atoms with van der Waals surface area (Å²) < 4.78 is 40.7. The van der Waals surface area contributed by atoms with Crippen molar-refractivity contribution >= 4 is 66.3 Å². The highest BCUT2D eigenvalue weighted by Crippen LogP contribution is 2.33. The van der Waals surface area contributed by atoms with Crippen molar-refractivity contribution in [1.82, 2.24) is 9.97 Å². The average molecular weight is 430 g/mol. The summed E-state index contributed by atoms with van der Waals surface area (Å²) in [7, 11) is -3.70. The van der Waals surface area contributed by atoms with Crippen molar-refractivity contribution in [2.24, 2.45) is 0 Å². The van der Waals surface area contributed by atoms with Crippen LogP contribution in [-0.4, -0.2) is 30.0 Å². The molecular formula is C15H13ClFN5O3S2. The highest BCUT2D eigenvalue weighted by Gasteiger charge is 2.21. The molecule has 0 aliphatic heterocycles. The van der Waals surface area contributed by atoms with Crippen LogP contribution in [0, 0.1) is 5.82 Å². The van der Waals surface area contributed by atoms with E-state index in [2.05, 4.69) is 20.0 Å². The van der Waals surface area contributed by atoms with Crippen LogP contribution in [0.4, 0.5) is 21.6 Å². The second kappa shape index (κ2) is 7.25. The molecule has 0 aliphatic carbocycles. The van der Waals surface area contributed by atoms with Gasteiger partial charge in [0.15, 0.2) is 5.82 Å². The van der Waals surface area contributed by atoms with Gasteiger partial charge in [-0.3, -0.25) is 9.52 Å². The average Bonchev–Trinajstić information content (AvgIpc) is 3.06. The van der Waals surface area contributed by atoms with Gasteiger partial charge >= 0.3 is 0 Å². The largest absolute Gasteiger partial charge is 0.382 e. The third-order valence-electron chi connectivity index (χ3n) is 3.60. The Morgan fingerprint density at radius 1 is 1.37 bits per heavy atom. The van der Waals surface area contributed by atoms with Crippen molar-refractivity contribution in [3.63, 3.8) is 0 Å². The van der Waals surface area contributed by atoms with Crippen molar-refractivity contribution in [2.45, 2.75) is 6.92 Å². The second-order valence-electron chi connectivity index (χ2n) is 5.33. The molecule has 142 valence electrons. The maximum Gasteiger partial charge on any atom is 0.258 e. The van der Waals surface area contributed by atoms with Crippen LogP contribution in [0.1, 0.15) is 17.3 Å². The van der Waals surface area contributed by atoms with Crippen LogP contribution >= 0.6 is 22.9 Å². The Morgan fingerprint density at radius 3 is 2.81 bits per heavy atom. The number of nitrogens with zero attached hydrogens (tertiary/aromatic N) is 2. The van der Waals surface area contributed by atoms with Gasteiger partial charge in [-0.2, -0.15) is 0 Å². The Labute approximate surface area is 162 Å². The van der Waals surface area contributed by atoms with Crippen molar-refractivity contribution < 1.29 is 17.6 Å². The van der Waals surface area contributed by atoms with Gasteiger partial charge in [-0.05, 0) is 19.1 Å². The van der Waals surface area contributed by atoms with Crippen LogP contribution in [-0.2, 0) is 10.0 Å². The number of thiophene rings is 1. The minimum absolute atomic E-state index is 0.0889. The Balaban J connectivity index is 1.97. The maximum absolute atomic E-state index is 14.7. The fraction of sp³-hybridized carbons (Fsp3) is 0.133. The van der Waals surface area contributed by atoms with Gasteiger partial charge < -0.3 is 11.1 Å². The minimum Gasteiger partial charge on any atom is -0.382 e. The zero-order valence-corrected chi connectivity index (χ0v) is 16.2. The Hall–Kier alpha value is -2.50. The van der Waals surface area contributed by atoms with E-state index in [1.54, 1.807) is 0 Å². The third-order valence-corrected chi connectivity index (χ3v) is 6.20. The van der Waals surface area contributed by atoms with Crippen LogP contribution in [0.5, 0.6) is 0 Å². The van der Waals surface area contributed by atoms with Crippen molar-refractivity contribution in [1.29, 1.82) is 0 Å². The summed E-state index contributed by atoms with van der Waals surface area (Å²) in [5.74, 6) is -1.68. The van der Waals surface area contributed by atoms with Crippen molar-refractivity contribution in [3.8, 4) is 0 Å². The molecule has 1 amide bonds. The number of halogens is 2. The van der Waals surface area contributed by atoms with Crippen LogP contribution in [0.25, 0.3) is 10.2 Å². The maximum atomic E-state index is 14.7. The first-order valence-electron chi connectivity index (χ1n) is 7.51. The number of sulfonamides is 1. The highest BCUT2D eigenvalue weighted by atomic mass is 35.5. The van der Waals surface area contributed by atoms with Crippen LogP contribution in [0.15, 0.2) is 23.8 Å². The molecule has 0 spiro atoms. The molecule has 0 saturated heterocycles. The number of benzene rings is 1. The highest BCUT2D eigenvalue weighted by molar-refractivity contribution is 7.92. The van der Waals surface area contributed by atoms with Crippen molar-refractivity contribution in [3.05, 3.63) is 40.2 Å². The molecule has 2 heterocycles. The number of amides is 1. The molecule has 27 heavy (non-hydrogen) atoms. The van der Waals surface area contributed by atoms with E-state index < -0.39 is 21.7 Å². The topological polar surface area (TPSA) is 127 Å². The smallest absolute Gasteiger partial charge is 0.258 e. The molecule has 0 atom stereocenters. The molecule has 3 rings (SSSR count). The predicted octanol–water partition coefficient (Wildman–Crippen LogP) is 3.08. The first-order chi connectivity index (χ1) is 12.7. The van der Waals surface area contributed by atoms with E-state index in [4.69, 9.17) is 17.3 Å². The van der Waals surface area contributed by atoms with Gasteiger partial charge in [0, 0.05) is 5.38 Å². The lowest BCUT2D eigenvalue weighted by Gasteiger charge is -2.13. The lowest BCUT2D eigenvalue weighted by molar-refractivity contribution is 0.102. The van der Waals surface area contributed by atoms with E-state index in [1.165, 1.54) is 42.1 Å². The molecule has 0 saturated carbocycles. The second-order valence-corrected chi connectivity index (χ2v) is 8.63. The number of hydrogen-bond donors (Lipinski definition) is 3. The number of carbonyl (C=O) groups is 1. The van der Waals surface area contributed by atoms with Gasteiger partial charge in [-0.1, -0.05) is 11.6 Å². The first kappa shape index (κ1) is 19.3. The van der Waals surface area contributed by atoms with Crippen molar-refractivity contribution in [2.75, 3.05) is 21.5 Å². The molecule has 1 aromatic carbocycles. The van der Waals surface area contributed by atoms with E-state index in [-0.39, 0.29) is 33.5 Å². The van der Waals surface area contributed by atoms with E-state index >= 15 is 0 Å². The molecule has 0 aliphatic rings. The fourth-order valence-electron chi connectivity index (χ4n) is 2.20. The molecule has 0 radical (unpaired) electrons. The molecule has 12 heteroatoms. The summed E-state index contributed by atoms with van der Waals surface area (Å²) >= 11 is 7.15. The zero-order valence-electron chi connectivity index (χ0n) is 13.8. The summed E-state index contributed by atoms with van der Waals surface area (Å²) in [6.07, 6.45) is 1.22. The monoisotopic (exact) mass is 429 g/mol. The summed E-state index contributed by atoms with van der Waals surface area (Å²) in [6.45, 7) is 1.41. The molecule has 0 unspecified atom stereocenters. The summed E-state index contributed by atoms with van der Waals surface area (Å²) in [4.78, 5) is 20.5. The predicted molar refractivity (Wildman–Crippen MR) is 104 cm³/mol. The van der Waals surface area contributed by atoms with Gasteiger partial charge in [-0.15, -0.1) is 11.3 Å². The molecule has 3 aromatic rings. The molecule has 4 N–H and O–H groups in total. The Bertz CT molecular complexity index is 1150. The van der Waals surface area contributed by atoms with Gasteiger partial charge in [0.25, 0.3) is 5.91 Å². The number of fused-ring (bicyclic) bond motifs is 1. The summed E-state index contributed by atoms with van der Waals surface area (Å²) in [6, 6.07) is 2.45. The van der Waals surface area contributed by atoms with Gasteiger partial charge in [0.05, 0.1) is 37.9 Å². The lowest BCUT2D eigenvalue weighted by Crippen LogP contribution is -2.18. The van der Waals surface area contributed by atoms with E-state index in [0.717, 1.165) is 0 Å². The minimum atomic E-state index is -3.70. The number of nitrogens with one attached hydrogen (secondary N) is 2. The molecule has 8 nitrogen and oxygen atoms in total. The normalized spacial score (nSPS) is 11.5. The van der Waals surface area contributed by atoms with E-state index in [1.807, 2.05) is 0 Å². The number of nitrogen functional groups attached to an aromatic ring is 1. The van der Waals surface area contributed by atoms with Gasteiger partial charge in [0.1, 0.15) is 12.1 Å². The lowest BCUT2D eigenvalue weighted by atomic mass is 10.2. The number of aromatic nitrogens is 2. The van der Waals surface area contributed by atoms with E-state index in [9.17, 15) is 17.6 Å². The van der Waals surface area contributed by atoms with Crippen LogP contribution in [0.2, 0.25) is 5.02 Å². The number of rotatable bonds is 5. The summed E-state index contributed by atoms with van der Waals surface area (Å²) in [5, 5.41) is 3.79. The molecule has 2 aromatic heterocycles. The third kappa shape index (κ3) is 3.80. The first-order valence-corrected chi connectivity index (χ1v) is 10.4. The standard InChI is InChI=1S/C15H13ClFN5O3S2/c1-2-27(24,25)22-9-4-3-8(16)12(10(9)17)21-15(23)7-5-26-13-11(7)19-6-20-14(13)18/h3-6,22H,2H2,1H3,(H,21,23)(H2,18,19,20). The van der Waals surface area contributed by atoms with E-state index in [0.29, 0.717) is 10.2 Å². The van der Waals surface area contributed by atoms with Gasteiger partial charge in [-0.25, -0.2) is 22.8 Å². The zero-order chi connectivity index (χ0) is 19.8. The number of hydrogen-bond acceptors (Lipinski definition) is 7. The molecular weight excluding hydrogens is 417 g/mol. The quantitative estimate of drug-likeness (QED) is 0.572. The Morgan fingerprint density at radius 2 is 2.11 bits per heavy atom. The van der Waals surface area contributed by atoms with Crippen LogP contribution in [0.3, 0.4) is 0 Å². The fourth-order valence-corrected chi connectivity index (χ4v) is 3.93. The number of carbonyl (C=O) groups excluding carboxylic acids is 1. The number of anilines is 3. The number of nitrogens with two attached hydrogens (primary N) is 1.